The van der Waals surface area contributed by atoms with Gasteiger partial charge in [-0.3, -0.25) is 14.5 Å². The fourth-order valence-electron chi connectivity index (χ4n) is 4.99. The van der Waals surface area contributed by atoms with E-state index in [4.69, 9.17) is 32.5 Å². The maximum Gasteiger partial charge on any atom is 0.239 e. The van der Waals surface area contributed by atoms with Crippen LogP contribution in [0.5, 0.6) is 5.75 Å². The Morgan fingerprint density at radius 3 is 2.41 bits per heavy atom. The van der Waals surface area contributed by atoms with Gasteiger partial charge in [-0.2, -0.15) is 0 Å². The van der Waals surface area contributed by atoms with Crippen LogP contribution in [0, 0.1) is 5.41 Å². The lowest BCUT2D eigenvalue weighted by Gasteiger charge is -2.26. The van der Waals surface area contributed by atoms with Crippen molar-refractivity contribution in [2.45, 2.75) is 60.5 Å². The number of thiol groups is 1. The predicted octanol–water partition coefficient (Wildman–Crippen LogP) is 8.47. The molecule has 44 heavy (non-hydrogen) atoms. The number of aliphatic imine (C=N–C) groups is 1. The van der Waals surface area contributed by atoms with Gasteiger partial charge in [0.1, 0.15) is 35.7 Å². The molecule has 1 unspecified atom stereocenters. The number of hydrogen-bond donors (Lipinski definition) is 2. The number of allylic oxidation sites excluding steroid dienone is 6. The summed E-state index contributed by atoms with van der Waals surface area (Å²) in [6, 6.07) is 13.2. The van der Waals surface area contributed by atoms with E-state index in [0.717, 1.165) is 39.3 Å². The highest BCUT2D eigenvalue weighted by Crippen LogP contribution is 2.39. The maximum atomic E-state index is 12.8. The second-order valence-corrected chi connectivity index (χ2v) is 12.8. The summed E-state index contributed by atoms with van der Waals surface area (Å²) < 4.78 is 25.4. The van der Waals surface area contributed by atoms with E-state index in [1.165, 1.54) is 0 Å². The lowest BCUT2D eigenvalue weighted by atomic mass is 9.81. The minimum Gasteiger partial charge on any atom is -0.489 e. The third-order valence-corrected chi connectivity index (χ3v) is 8.62. The lowest BCUT2D eigenvalue weighted by Crippen LogP contribution is -2.40. The molecule has 0 radical (unpaired) electrons. The summed E-state index contributed by atoms with van der Waals surface area (Å²) in [5.74, 6) is 1.19. The topological polar surface area (TPSA) is 93.8 Å². The Balaban J connectivity index is 1.61. The van der Waals surface area contributed by atoms with Gasteiger partial charge in [-0.15, -0.1) is 0 Å². The lowest BCUT2D eigenvalue weighted by molar-refractivity contribution is -0.127. The fraction of sp³-hybridized carbons (Fsp3) is 0.324. The zero-order chi connectivity index (χ0) is 32.0. The Morgan fingerprint density at radius 2 is 1.77 bits per heavy atom. The molecule has 0 bridgehead atoms. The molecule has 0 aliphatic carbocycles. The zero-order valence-electron chi connectivity index (χ0n) is 25.7. The minimum absolute atomic E-state index is 0.0827. The highest BCUT2D eigenvalue weighted by Gasteiger charge is 2.33. The molecule has 1 amide bonds. The Labute approximate surface area is 272 Å². The van der Waals surface area contributed by atoms with E-state index in [1.807, 2.05) is 78.0 Å². The molecule has 1 aromatic heterocycles. The van der Waals surface area contributed by atoms with Crippen LogP contribution in [-0.4, -0.2) is 27.5 Å². The van der Waals surface area contributed by atoms with Gasteiger partial charge in [0.05, 0.1) is 27.6 Å². The van der Waals surface area contributed by atoms with Gasteiger partial charge < -0.3 is 9.26 Å². The number of halogens is 2. The van der Waals surface area contributed by atoms with Crippen molar-refractivity contribution >= 4 is 52.2 Å². The average molecular weight is 655 g/mol. The third-order valence-electron chi connectivity index (χ3n) is 7.69. The molecule has 0 saturated heterocycles. The number of aromatic nitrogens is 1. The van der Waals surface area contributed by atoms with Crippen molar-refractivity contribution in [3.8, 4) is 17.0 Å². The fourth-order valence-corrected chi connectivity index (χ4v) is 5.92. The van der Waals surface area contributed by atoms with Crippen LogP contribution in [0.25, 0.3) is 16.8 Å². The number of rotatable bonds is 8. The summed E-state index contributed by atoms with van der Waals surface area (Å²) in [5.41, 5.74) is 6.04. The van der Waals surface area contributed by atoms with Crippen molar-refractivity contribution in [2.75, 3.05) is 6.54 Å². The van der Waals surface area contributed by atoms with Gasteiger partial charge in [0.15, 0.2) is 0 Å². The Morgan fingerprint density at radius 1 is 1.09 bits per heavy atom. The maximum absolute atomic E-state index is 12.8. The number of nitrogens with one attached hydrogen (secondary N) is 1. The summed E-state index contributed by atoms with van der Waals surface area (Å²) in [4.78, 5) is 17.4. The smallest absolute Gasteiger partial charge is 0.239 e. The van der Waals surface area contributed by atoms with Crippen molar-refractivity contribution in [3.05, 3.63) is 98.8 Å². The van der Waals surface area contributed by atoms with Crippen LogP contribution >= 0.6 is 23.2 Å². The molecule has 1 N–H and O–H groups in total. The summed E-state index contributed by atoms with van der Waals surface area (Å²) >= 11 is 12.6. The zero-order valence-corrected chi connectivity index (χ0v) is 28.1. The van der Waals surface area contributed by atoms with E-state index < -0.39 is 17.3 Å². The largest absolute Gasteiger partial charge is 0.489 e. The summed E-state index contributed by atoms with van der Waals surface area (Å²) in [6.07, 6.45) is 6.55. The first kappa shape index (κ1) is 33.4. The average Bonchev–Trinajstić information content (AvgIpc) is 3.40. The van der Waals surface area contributed by atoms with E-state index in [9.17, 15) is 9.00 Å². The summed E-state index contributed by atoms with van der Waals surface area (Å²) in [6.45, 7) is 12.4. The Bertz CT molecular complexity index is 1650. The molecule has 1 atom stereocenters. The second kappa shape index (κ2) is 14.5. The van der Waals surface area contributed by atoms with Crippen molar-refractivity contribution < 1.29 is 18.3 Å². The molecule has 0 saturated carbocycles. The summed E-state index contributed by atoms with van der Waals surface area (Å²) in [7, 11) is 0. The normalized spacial score (nSPS) is 22.4. The van der Waals surface area contributed by atoms with Gasteiger partial charge in [-0.1, -0.05) is 83.7 Å². The van der Waals surface area contributed by atoms with Crippen LogP contribution in [0.2, 0.25) is 10.0 Å². The molecule has 1 aliphatic heterocycles. The van der Waals surface area contributed by atoms with Crippen molar-refractivity contribution in [1.29, 1.82) is 0 Å². The second-order valence-electron chi connectivity index (χ2n) is 11.6. The van der Waals surface area contributed by atoms with Crippen LogP contribution in [0.15, 0.2) is 81.4 Å². The van der Waals surface area contributed by atoms with Crippen molar-refractivity contribution in [3.63, 3.8) is 0 Å². The highest BCUT2D eigenvalue weighted by atomic mass is 35.5. The summed E-state index contributed by atoms with van der Waals surface area (Å²) in [5, 5.41) is 5.29. The molecular weight excluding hydrogens is 617 g/mol. The first-order valence-corrected chi connectivity index (χ1v) is 15.9. The molecule has 0 spiro atoms. The van der Waals surface area contributed by atoms with Gasteiger partial charge in [0, 0.05) is 17.2 Å². The SMILES string of the molecule is CC1=N\CC(C)(C(=O)N[SH]=O)C/C(C)=C(C)/C=C(c2ccc(OCc3c(-c4c(Cl)cccc4Cl)noc3C(C)C)cc2)/C=C\1. The van der Waals surface area contributed by atoms with E-state index in [0.29, 0.717) is 33.5 Å². The van der Waals surface area contributed by atoms with Crippen LogP contribution in [0.4, 0.5) is 0 Å². The molecule has 7 nitrogen and oxygen atoms in total. The van der Waals surface area contributed by atoms with Crippen molar-refractivity contribution in [2.24, 2.45) is 10.4 Å². The van der Waals surface area contributed by atoms with E-state index in [1.54, 1.807) is 18.2 Å². The van der Waals surface area contributed by atoms with Crippen LogP contribution < -0.4 is 9.46 Å². The molecule has 2 aromatic carbocycles. The molecule has 232 valence electrons. The van der Waals surface area contributed by atoms with Crippen LogP contribution in [0.1, 0.15) is 70.8 Å². The van der Waals surface area contributed by atoms with E-state index >= 15 is 0 Å². The molecule has 1 aliphatic rings. The Kier molecular flexibility index (Phi) is 11.1. The van der Waals surface area contributed by atoms with Crippen LogP contribution in [0.3, 0.4) is 0 Å². The monoisotopic (exact) mass is 653 g/mol. The molecule has 2 heterocycles. The molecule has 3 aromatic rings. The van der Waals surface area contributed by atoms with Gasteiger partial charge in [0.2, 0.25) is 5.91 Å². The highest BCUT2D eigenvalue weighted by molar-refractivity contribution is 7.64. The van der Waals surface area contributed by atoms with E-state index in [2.05, 4.69) is 20.9 Å². The predicted molar refractivity (Wildman–Crippen MR) is 181 cm³/mol. The minimum atomic E-state index is -0.827. The quantitative estimate of drug-likeness (QED) is 0.238. The number of carbonyl (C=O) groups excluding carboxylic acids is 1. The standard InChI is InChI=1S/C34H37Cl2N3O4S/c1-20(2)32-27(31(38-43-32)30-28(35)8-7-9-29(30)36)18-42-26-14-12-24(13-15-26)25-11-10-23(5)37-19-34(6,33(40)39-44-41)17-22(4)21(3)16-25/h7-16,20,44H,17-19H2,1-6H3,(H,39,40,41)/b11-10-,22-21+,25-16-,37-23+. The number of benzene rings is 2. The number of carbonyl (C=O) groups is 1. The first-order valence-electron chi connectivity index (χ1n) is 14.3. The molecule has 0 fully saturated rings. The molecule has 10 heteroatoms. The van der Waals surface area contributed by atoms with Crippen molar-refractivity contribution in [1.82, 2.24) is 9.88 Å². The van der Waals surface area contributed by atoms with Gasteiger partial charge >= 0.3 is 0 Å². The third kappa shape index (κ3) is 7.78. The van der Waals surface area contributed by atoms with Crippen LogP contribution in [-0.2, 0) is 23.3 Å². The van der Waals surface area contributed by atoms with Gasteiger partial charge in [0.25, 0.3) is 0 Å². The number of hydrogen-bond acceptors (Lipinski definition) is 6. The van der Waals surface area contributed by atoms with Gasteiger partial charge in [-0.05, 0) is 75.6 Å². The van der Waals surface area contributed by atoms with E-state index in [-0.39, 0.29) is 25.0 Å². The first-order chi connectivity index (χ1) is 20.9. The molecular formula is C34H37Cl2N3O4S. The molecule has 4 rings (SSSR count). The number of ether oxygens (including phenoxy) is 1. The number of amides is 1. The Hall–Kier alpha value is -3.46. The van der Waals surface area contributed by atoms with Gasteiger partial charge in [-0.25, -0.2) is 4.21 Å². The number of nitrogens with zero attached hydrogens (tertiary/aromatic N) is 2.